The molecule has 1 aliphatic rings. The monoisotopic (exact) mass is 273 g/mol. The Balaban J connectivity index is 1.88. The minimum Gasteiger partial charge on any atom is -0.307 e. The van der Waals surface area contributed by atoms with E-state index in [-0.39, 0.29) is 0 Å². The van der Waals surface area contributed by atoms with Crippen molar-refractivity contribution in [2.24, 2.45) is 5.92 Å². The summed E-state index contributed by atoms with van der Waals surface area (Å²) in [5.41, 5.74) is 2.86. The van der Waals surface area contributed by atoms with Crippen molar-refractivity contribution >= 4 is 0 Å². The first-order valence-corrected chi connectivity index (χ1v) is 8.57. The lowest BCUT2D eigenvalue weighted by Crippen LogP contribution is -2.31. The van der Waals surface area contributed by atoms with Gasteiger partial charge in [0, 0.05) is 12.1 Å². The van der Waals surface area contributed by atoms with Gasteiger partial charge in [0.2, 0.25) is 0 Å². The zero-order valence-corrected chi connectivity index (χ0v) is 13.5. The molecule has 0 bridgehead atoms. The molecule has 1 fully saturated rings. The molecule has 0 spiro atoms. The van der Waals surface area contributed by atoms with Crippen LogP contribution in [0.25, 0.3) is 0 Å². The molecule has 1 nitrogen and oxygen atoms in total. The van der Waals surface area contributed by atoms with E-state index in [4.69, 9.17) is 0 Å². The minimum atomic E-state index is 0.476. The Morgan fingerprint density at radius 2 is 1.80 bits per heavy atom. The van der Waals surface area contributed by atoms with Gasteiger partial charge in [-0.3, -0.25) is 0 Å². The molecule has 0 aromatic heterocycles. The van der Waals surface area contributed by atoms with Crippen LogP contribution in [0.15, 0.2) is 24.3 Å². The Kier molecular flexibility index (Phi) is 6.09. The second-order valence-corrected chi connectivity index (χ2v) is 6.46. The standard InChI is InChI=1S/C19H31N/c1-4-16-7-6-8-19(14-11-16)20-15(3)18-12-9-17(5-2)10-13-18/h9-10,12-13,15-16,19-20H,4-8,11,14H2,1-3H3. The predicted molar refractivity (Wildman–Crippen MR) is 88.0 cm³/mol. The molecule has 112 valence electrons. The van der Waals surface area contributed by atoms with Crippen molar-refractivity contribution in [3.8, 4) is 0 Å². The van der Waals surface area contributed by atoms with Gasteiger partial charge in [0.15, 0.2) is 0 Å². The van der Waals surface area contributed by atoms with Crippen molar-refractivity contribution in [2.45, 2.75) is 77.8 Å². The number of aryl methyl sites for hydroxylation is 1. The molecule has 1 N–H and O–H groups in total. The van der Waals surface area contributed by atoms with Gasteiger partial charge in [-0.1, -0.05) is 57.4 Å². The molecule has 3 unspecified atom stereocenters. The van der Waals surface area contributed by atoms with Crippen LogP contribution < -0.4 is 5.32 Å². The summed E-state index contributed by atoms with van der Waals surface area (Å²) >= 11 is 0. The molecular formula is C19H31N. The smallest absolute Gasteiger partial charge is 0.0294 e. The fourth-order valence-corrected chi connectivity index (χ4v) is 3.45. The van der Waals surface area contributed by atoms with E-state index in [1.807, 2.05) is 0 Å². The van der Waals surface area contributed by atoms with Crippen LogP contribution in [-0.2, 0) is 6.42 Å². The SMILES string of the molecule is CCc1ccc(C(C)NC2CCCC(CC)CC2)cc1. The van der Waals surface area contributed by atoms with E-state index in [1.165, 1.54) is 49.7 Å². The van der Waals surface area contributed by atoms with E-state index >= 15 is 0 Å². The second-order valence-electron chi connectivity index (χ2n) is 6.46. The number of benzene rings is 1. The summed E-state index contributed by atoms with van der Waals surface area (Å²) in [6, 6.07) is 10.3. The van der Waals surface area contributed by atoms with Crippen molar-refractivity contribution in [3.05, 3.63) is 35.4 Å². The van der Waals surface area contributed by atoms with Crippen LogP contribution in [0.2, 0.25) is 0 Å². The molecular weight excluding hydrogens is 242 g/mol. The molecule has 3 atom stereocenters. The summed E-state index contributed by atoms with van der Waals surface area (Å²) < 4.78 is 0. The average Bonchev–Trinajstić information content (AvgIpc) is 2.72. The van der Waals surface area contributed by atoms with E-state index in [0.717, 1.165) is 12.3 Å². The Labute approximate surface area is 125 Å². The van der Waals surface area contributed by atoms with Gasteiger partial charge in [0.1, 0.15) is 0 Å². The average molecular weight is 273 g/mol. The lowest BCUT2D eigenvalue weighted by atomic mass is 9.97. The number of hydrogen-bond donors (Lipinski definition) is 1. The van der Waals surface area contributed by atoms with Gasteiger partial charge in [-0.25, -0.2) is 0 Å². The van der Waals surface area contributed by atoms with Crippen LogP contribution in [0.5, 0.6) is 0 Å². The van der Waals surface area contributed by atoms with Crippen LogP contribution in [0.3, 0.4) is 0 Å². The first kappa shape index (κ1) is 15.6. The van der Waals surface area contributed by atoms with E-state index in [1.54, 1.807) is 0 Å². The molecule has 1 heteroatoms. The van der Waals surface area contributed by atoms with Crippen LogP contribution in [0.4, 0.5) is 0 Å². The van der Waals surface area contributed by atoms with Gasteiger partial charge in [-0.05, 0) is 49.7 Å². The van der Waals surface area contributed by atoms with Gasteiger partial charge in [-0.15, -0.1) is 0 Å². The van der Waals surface area contributed by atoms with Crippen LogP contribution >= 0.6 is 0 Å². The summed E-state index contributed by atoms with van der Waals surface area (Å²) in [5, 5.41) is 3.86. The van der Waals surface area contributed by atoms with Crippen molar-refractivity contribution in [1.82, 2.24) is 5.32 Å². The summed E-state index contributed by atoms with van der Waals surface area (Å²) in [6.07, 6.45) is 9.45. The largest absolute Gasteiger partial charge is 0.307 e. The maximum absolute atomic E-state index is 3.86. The second kappa shape index (κ2) is 7.83. The Hall–Kier alpha value is -0.820. The molecule has 0 radical (unpaired) electrons. The molecule has 0 aliphatic heterocycles. The lowest BCUT2D eigenvalue weighted by Gasteiger charge is -2.22. The van der Waals surface area contributed by atoms with Crippen molar-refractivity contribution in [1.29, 1.82) is 0 Å². The van der Waals surface area contributed by atoms with E-state index < -0.39 is 0 Å². The van der Waals surface area contributed by atoms with E-state index in [0.29, 0.717) is 12.1 Å². The highest BCUT2D eigenvalue weighted by atomic mass is 14.9. The number of rotatable bonds is 5. The number of hydrogen-bond acceptors (Lipinski definition) is 1. The zero-order chi connectivity index (χ0) is 14.4. The fraction of sp³-hybridized carbons (Fsp3) is 0.684. The van der Waals surface area contributed by atoms with Gasteiger partial charge < -0.3 is 5.32 Å². The summed E-state index contributed by atoms with van der Waals surface area (Å²) in [5.74, 6) is 0.973. The summed E-state index contributed by atoms with van der Waals surface area (Å²) in [6.45, 7) is 6.87. The highest BCUT2D eigenvalue weighted by Crippen LogP contribution is 2.27. The quantitative estimate of drug-likeness (QED) is 0.722. The minimum absolute atomic E-state index is 0.476. The third-order valence-electron chi connectivity index (χ3n) is 5.04. The van der Waals surface area contributed by atoms with E-state index in [2.05, 4.69) is 50.4 Å². The molecule has 20 heavy (non-hydrogen) atoms. The lowest BCUT2D eigenvalue weighted by molar-refractivity contribution is 0.400. The normalized spacial score (nSPS) is 25.1. The fourth-order valence-electron chi connectivity index (χ4n) is 3.45. The first-order valence-electron chi connectivity index (χ1n) is 8.57. The van der Waals surface area contributed by atoms with Gasteiger partial charge in [0.05, 0.1) is 0 Å². The Bertz CT molecular complexity index is 381. The third-order valence-corrected chi connectivity index (χ3v) is 5.04. The van der Waals surface area contributed by atoms with Crippen molar-refractivity contribution < 1.29 is 0 Å². The van der Waals surface area contributed by atoms with Crippen LogP contribution in [-0.4, -0.2) is 6.04 Å². The Morgan fingerprint density at radius 1 is 1.05 bits per heavy atom. The van der Waals surface area contributed by atoms with Crippen molar-refractivity contribution in [2.75, 3.05) is 0 Å². The maximum atomic E-state index is 3.86. The van der Waals surface area contributed by atoms with Crippen LogP contribution in [0, 0.1) is 5.92 Å². The molecule has 1 aliphatic carbocycles. The topological polar surface area (TPSA) is 12.0 Å². The van der Waals surface area contributed by atoms with Crippen molar-refractivity contribution in [3.63, 3.8) is 0 Å². The molecule has 0 saturated heterocycles. The Morgan fingerprint density at radius 3 is 2.45 bits per heavy atom. The van der Waals surface area contributed by atoms with Gasteiger partial charge in [0.25, 0.3) is 0 Å². The molecule has 0 heterocycles. The first-order chi connectivity index (χ1) is 9.72. The molecule has 1 aromatic carbocycles. The summed E-state index contributed by atoms with van der Waals surface area (Å²) in [4.78, 5) is 0. The third kappa shape index (κ3) is 4.34. The van der Waals surface area contributed by atoms with E-state index in [9.17, 15) is 0 Å². The summed E-state index contributed by atoms with van der Waals surface area (Å²) in [7, 11) is 0. The van der Waals surface area contributed by atoms with Crippen LogP contribution in [0.1, 0.15) is 76.5 Å². The maximum Gasteiger partial charge on any atom is 0.0294 e. The number of nitrogens with one attached hydrogen (secondary N) is 1. The highest BCUT2D eigenvalue weighted by molar-refractivity contribution is 5.24. The molecule has 1 aromatic rings. The zero-order valence-electron chi connectivity index (χ0n) is 13.5. The highest BCUT2D eigenvalue weighted by Gasteiger charge is 2.19. The van der Waals surface area contributed by atoms with Gasteiger partial charge >= 0.3 is 0 Å². The predicted octanol–water partition coefficient (Wildman–Crippen LogP) is 5.26. The molecule has 2 rings (SSSR count). The van der Waals surface area contributed by atoms with Gasteiger partial charge in [-0.2, -0.15) is 0 Å². The molecule has 1 saturated carbocycles. The molecule has 0 amide bonds.